The monoisotopic (exact) mass is 446 g/mol. The molecule has 0 aliphatic carbocycles. The predicted molar refractivity (Wildman–Crippen MR) is 121 cm³/mol. The minimum absolute atomic E-state index is 0.198. The molecule has 0 saturated carbocycles. The standard InChI is InChI=1S/C21H25ClN2O.C2H2O4/c1-14-16(3)24(21-19(14)10-7-11-20(21)22)13-18(25)12-23-15(2)17-8-5-4-6-9-17;3-1(4)2(5)6/h4-11,15,18,23,25H,12-13H2,1-3H3;(H,3,4)(H,5,6). The molecule has 0 aliphatic rings. The van der Waals surface area contributed by atoms with Crippen molar-refractivity contribution in [1.29, 1.82) is 0 Å². The molecule has 0 bridgehead atoms. The molecule has 166 valence electrons. The number of hydrogen-bond acceptors (Lipinski definition) is 4. The topological polar surface area (TPSA) is 112 Å². The molecule has 1 heterocycles. The summed E-state index contributed by atoms with van der Waals surface area (Å²) >= 11 is 6.42. The van der Waals surface area contributed by atoms with Gasteiger partial charge in [-0.1, -0.05) is 54.1 Å². The van der Waals surface area contributed by atoms with Crippen LogP contribution in [0.15, 0.2) is 48.5 Å². The smallest absolute Gasteiger partial charge is 0.414 e. The third-order valence-corrected chi connectivity index (χ3v) is 5.45. The van der Waals surface area contributed by atoms with Gasteiger partial charge >= 0.3 is 11.9 Å². The molecule has 3 aromatic rings. The number of hydrogen-bond donors (Lipinski definition) is 4. The van der Waals surface area contributed by atoms with Crippen molar-refractivity contribution >= 4 is 34.4 Å². The Morgan fingerprint density at radius 3 is 2.23 bits per heavy atom. The number of halogens is 1. The highest BCUT2D eigenvalue weighted by atomic mass is 35.5. The van der Waals surface area contributed by atoms with Gasteiger partial charge < -0.3 is 25.2 Å². The van der Waals surface area contributed by atoms with Crippen molar-refractivity contribution in [3.05, 3.63) is 70.4 Å². The second kappa shape index (κ2) is 10.9. The average Bonchev–Trinajstić information content (AvgIpc) is 2.99. The summed E-state index contributed by atoms with van der Waals surface area (Å²) < 4.78 is 2.13. The Labute approximate surface area is 185 Å². The lowest BCUT2D eigenvalue weighted by molar-refractivity contribution is -0.159. The maximum atomic E-state index is 10.6. The number of nitrogens with one attached hydrogen (secondary N) is 1. The summed E-state index contributed by atoms with van der Waals surface area (Å²) in [5, 5.41) is 30.6. The second-order valence-electron chi connectivity index (χ2n) is 7.26. The molecule has 3 rings (SSSR count). The number of aryl methyl sites for hydroxylation is 1. The van der Waals surface area contributed by atoms with Crippen LogP contribution >= 0.6 is 11.6 Å². The predicted octanol–water partition coefficient (Wildman–Crippen LogP) is 3.78. The van der Waals surface area contributed by atoms with Crippen LogP contribution in [0, 0.1) is 13.8 Å². The lowest BCUT2D eigenvalue weighted by Gasteiger charge is -2.19. The quantitative estimate of drug-likeness (QED) is 0.429. The van der Waals surface area contributed by atoms with Gasteiger partial charge in [0.2, 0.25) is 0 Å². The Balaban J connectivity index is 0.000000501. The molecule has 0 fully saturated rings. The second-order valence-corrected chi connectivity index (χ2v) is 7.67. The first-order valence-corrected chi connectivity index (χ1v) is 10.2. The summed E-state index contributed by atoms with van der Waals surface area (Å²) in [5.41, 5.74) is 4.60. The zero-order chi connectivity index (χ0) is 23.1. The summed E-state index contributed by atoms with van der Waals surface area (Å²) in [7, 11) is 0. The van der Waals surface area contributed by atoms with E-state index in [0.29, 0.717) is 13.1 Å². The fourth-order valence-corrected chi connectivity index (χ4v) is 3.61. The Bertz CT molecular complexity index is 1040. The van der Waals surface area contributed by atoms with Gasteiger partial charge in [0.05, 0.1) is 23.2 Å². The van der Waals surface area contributed by atoms with E-state index in [-0.39, 0.29) is 6.04 Å². The minimum Gasteiger partial charge on any atom is -0.473 e. The fourth-order valence-electron chi connectivity index (χ4n) is 3.33. The number of aliphatic carboxylic acids is 2. The van der Waals surface area contributed by atoms with Gasteiger partial charge in [0.1, 0.15) is 0 Å². The average molecular weight is 447 g/mol. The molecule has 0 radical (unpaired) electrons. The molecule has 7 nitrogen and oxygen atoms in total. The maximum absolute atomic E-state index is 10.6. The highest BCUT2D eigenvalue weighted by Crippen LogP contribution is 2.30. The number of benzene rings is 2. The number of nitrogens with zero attached hydrogens (tertiary/aromatic N) is 1. The van der Waals surface area contributed by atoms with Gasteiger partial charge in [-0.3, -0.25) is 0 Å². The largest absolute Gasteiger partial charge is 0.473 e. The van der Waals surface area contributed by atoms with Crippen molar-refractivity contribution in [2.75, 3.05) is 6.54 Å². The molecule has 0 spiro atoms. The highest BCUT2D eigenvalue weighted by Gasteiger charge is 2.16. The first-order valence-electron chi connectivity index (χ1n) is 9.80. The fraction of sp³-hybridized carbons (Fsp3) is 0.304. The molecule has 2 atom stereocenters. The molecular weight excluding hydrogens is 420 g/mol. The summed E-state index contributed by atoms with van der Waals surface area (Å²) in [4.78, 5) is 18.2. The molecule has 8 heteroatoms. The number of carboxylic acid groups (broad SMARTS) is 2. The van der Waals surface area contributed by atoms with Gasteiger partial charge in [0.25, 0.3) is 0 Å². The lowest BCUT2D eigenvalue weighted by Crippen LogP contribution is -2.32. The van der Waals surface area contributed by atoms with E-state index in [4.69, 9.17) is 31.4 Å². The third-order valence-electron chi connectivity index (χ3n) is 5.14. The highest BCUT2D eigenvalue weighted by molar-refractivity contribution is 6.35. The lowest BCUT2D eigenvalue weighted by atomic mass is 10.1. The van der Waals surface area contributed by atoms with Crippen LogP contribution in [-0.4, -0.2) is 44.5 Å². The molecule has 0 aliphatic heterocycles. The van der Waals surface area contributed by atoms with Gasteiger partial charge in [0, 0.05) is 23.7 Å². The maximum Gasteiger partial charge on any atom is 0.414 e. The van der Waals surface area contributed by atoms with Gasteiger partial charge in [0.15, 0.2) is 0 Å². The minimum atomic E-state index is -1.82. The number of carbonyl (C=O) groups is 2. The molecule has 0 amide bonds. The summed E-state index contributed by atoms with van der Waals surface area (Å²) in [6, 6.07) is 16.4. The van der Waals surface area contributed by atoms with Crippen molar-refractivity contribution in [2.24, 2.45) is 0 Å². The molecule has 4 N–H and O–H groups in total. The molecule has 2 unspecified atom stereocenters. The van der Waals surface area contributed by atoms with Gasteiger partial charge in [-0.25, -0.2) is 9.59 Å². The Morgan fingerprint density at radius 1 is 1.03 bits per heavy atom. The number of carboxylic acids is 2. The van der Waals surface area contributed by atoms with Crippen molar-refractivity contribution in [2.45, 2.75) is 39.5 Å². The van der Waals surface area contributed by atoms with Crippen LogP contribution in [-0.2, 0) is 16.1 Å². The SMILES string of the molecule is Cc1c(C)n(CC(O)CNC(C)c2ccccc2)c2c(Cl)cccc12.O=C(O)C(=O)O. The van der Waals surface area contributed by atoms with Crippen LogP contribution in [0.1, 0.15) is 29.8 Å². The Morgan fingerprint density at radius 2 is 1.65 bits per heavy atom. The molecular formula is C23H27ClN2O5. The molecule has 31 heavy (non-hydrogen) atoms. The van der Waals surface area contributed by atoms with Crippen molar-refractivity contribution < 1.29 is 24.9 Å². The van der Waals surface area contributed by atoms with E-state index in [2.05, 4.69) is 48.9 Å². The molecule has 0 saturated heterocycles. The van der Waals surface area contributed by atoms with Crippen LogP contribution in [0.5, 0.6) is 0 Å². The van der Waals surface area contributed by atoms with E-state index in [1.54, 1.807) is 0 Å². The number of para-hydroxylation sites is 1. The van der Waals surface area contributed by atoms with Crippen LogP contribution in [0.2, 0.25) is 5.02 Å². The Kier molecular flexibility index (Phi) is 8.62. The number of aliphatic hydroxyl groups excluding tert-OH is 1. The van der Waals surface area contributed by atoms with Crippen LogP contribution in [0.4, 0.5) is 0 Å². The third kappa shape index (κ3) is 6.30. The first kappa shape index (κ1) is 24.4. The van der Waals surface area contributed by atoms with Gasteiger partial charge in [-0.05, 0) is 38.0 Å². The van der Waals surface area contributed by atoms with Gasteiger partial charge in [-0.2, -0.15) is 0 Å². The zero-order valence-corrected chi connectivity index (χ0v) is 18.4. The molecule has 1 aromatic heterocycles. The van der Waals surface area contributed by atoms with Crippen LogP contribution in [0.25, 0.3) is 10.9 Å². The summed E-state index contributed by atoms with van der Waals surface area (Å²) in [6.45, 7) is 7.34. The van der Waals surface area contributed by atoms with Crippen LogP contribution < -0.4 is 5.32 Å². The van der Waals surface area contributed by atoms with Crippen molar-refractivity contribution in [3.63, 3.8) is 0 Å². The zero-order valence-electron chi connectivity index (χ0n) is 17.7. The number of aromatic nitrogens is 1. The van der Waals surface area contributed by atoms with E-state index < -0.39 is 18.0 Å². The van der Waals surface area contributed by atoms with E-state index in [1.165, 1.54) is 11.1 Å². The summed E-state index contributed by atoms with van der Waals surface area (Å²) in [6.07, 6.45) is -0.490. The van der Waals surface area contributed by atoms with E-state index in [9.17, 15) is 5.11 Å². The van der Waals surface area contributed by atoms with E-state index >= 15 is 0 Å². The van der Waals surface area contributed by atoms with E-state index in [1.807, 2.05) is 30.3 Å². The number of aliphatic hydroxyl groups is 1. The number of fused-ring (bicyclic) bond motifs is 1. The number of rotatable bonds is 6. The van der Waals surface area contributed by atoms with E-state index in [0.717, 1.165) is 21.6 Å². The Hall–Kier alpha value is -2.87. The van der Waals surface area contributed by atoms with Crippen molar-refractivity contribution in [1.82, 2.24) is 9.88 Å². The first-order chi connectivity index (χ1) is 14.6. The van der Waals surface area contributed by atoms with Gasteiger partial charge in [-0.15, -0.1) is 0 Å². The van der Waals surface area contributed by atoms with Crippen molar-refractivity contribution in [3.8, 4) is 0 Å². The van der Waals surface area contributed by atoms with Crippen LogP contribution in [0.3, 0.4) is 0 Å². The summed E-state index contributed by atoms with van der Waals surface area (Å²) in [5.74, 6) is -3.65. The molecule has 2 aromatic carbocycles. The normalized spacial score (nSPS) is 12.7.